The Morgan fingerprint density at radius 1 is 1.29 bits per heavy atom. The lowest BCUT2D eigenvalue weighted by atomic mass is 9.91. The maximum atomic E-state index is 11.8. The van der Waals surface area contributed by atoms with Crippen LogP contribution in [-0.4, -0.2) is 30.9 Å². The first kappa shape index (κ1) is 18.6. The van der Waals surface area contributed by atoms with Gasteiger partial charge in [0.25, 0.3) is 0 Å². The lowest BCUT2D eigenvalue weighted by molar-refractivity contribution is -0.133. The zero-order valence-electron chi connectivity index (χ0n) is 11.0. The molecule has 0 aliphatic carbocycles. The molecular formula is C11H24ClN3O2. The second-order valence-electron chi connectivity index (χ2n) is 4.10. The minimum Gasteiger partial charge on any atom is -0.368 e. The van der Waals surface area contributed by atoms with E-state index in [0.29, 0.717) is 19.4 Å². The molecule has 0 rings (SSSR count). The van der Waals surface area contributed by atoms with E-state index in [9.17, 15) is 9.59 Å². The highest BCUT2D eigenvalue weighted by atomic mass is 35.5. The van der Waals surface area contributed by atoms with Crippen molar-refractivity contribution in [3.63, 3.8) is 0 Å². The van der Waals surface area contributed by atoms with Gasteiger partial charge in [0, 0.05) is 12.5 Å². The molecule has 0 aromatic rings. The van der Waals surface area contributed by atoms with E-state index in [1.165, 1.54) is 0 Å². The summed E-state index contributed by atoms with van der Waals surface area (Å²) in [5.74, 6) is -0.791. The van der Waals surface area contributed by atoms with Crippen LogP contribution in [0.1, 0.15) is 33.6 Å². The van der Waals surface area contributed by atoms with Crippen molar-refractivity contribution in [2.45, 2.75) is 39.2 Å². The molecular weight excluding hydrogens is 242 g/mol. The van der Waals surface area contributed by atoms with Crippen molar-refractivity contribution < 1.29 is 9.59 Å². The van der Waals surface area contributed by atoms with Gasteiger partial charge >= 0.3 is 0 Å². The summed E-state index contributed by atoms with van der Waals surface area (Å²) in [6.45, 7) is 6.07. The highest BCUT2D eigenvalue weighted by Crippen LogP contribution is 2.15. The summed E-state index contributed by atoms with van der Waals surface area (Å²) in [7, 11) is 1.78. The van der Waals surface area contributed by atoms with Crippen LogP contribution in [-0.2, 0) is 9.59 Å². The van der Waals surface area contributed by atoms with Crippen molar-refractivity contribution in [2.24, 2.45) is 11.7 Å². The van der Waals surface area contributed by atoms with Crippen LogP contribution in [0.2, 0.25) is 0 Å². The van der Waals surface area contributed by atoms with Crippen LogP contribution in [0, 0.1) is 5.92 Å². The van der Waals surface area contributed by atoms with Crippen LogP contribution in [0.25, 0.3) is 0 Å². The smallest absolute Gasteiger partial charge is 0.243 e. The summed E-state index contributed by atoms with van der Waals surface area (Å²) in [5, 5.41) is 5.68. The van der Waals surface area contributed by atoms with Crippen LogP contribution >= 0.6 is 12.4 Å². The standard InChI is InChI=1S/C11H23N3O2.ClH/c1-5-11(6-2,10(12)16)14-9(15)8(3)7-13-4;/h8,13H,5-7H2,1-4H3,(H2,12,16)(H,14,15);1H. The van der Waals surface area contributed by atoms with Gasteiger partial charge in [-0.05, 0) is 19.9 Å². The second-order valence-corrected chi connectivity index (χ2v) is 4.10. The Bertz CT molecular complexity index is 255. The van der Waals surface area contributed by atoms with Gasteiger partial charge in [0.05, 0.1) is 0 Å². The Morgan fingerprint density at radius 3 is 2.06 bits per heavy atom. The van der Waals surface area contributed by atoms with Gasteiger partial charge in [-0.2, -0.15) is 0 Å². The fraction of sp³-hybridized carbons (Fsp3) is 0.818. The third-order valence-electron chi connectivity index (χ3n) is 3.00. The fourth-order valence-electron chi connectivity index (χ4n) is 1.59. The van der Waals surface area contributed by atoms with Gasteiger partial charge in [-0.1, -0.05) is 20.8 Å². The van der Waals surface area contributed by atoms with Gasteiger partial charge in [-0.15, -0.1) is 12.4 Å². The van der Waals surface area contributed by atoms with Crippen molar-refractivity contribution >= 4 is 24.2 Å². The molecule has 1 atom stereocenters. The van der Waals surface area contributed by atoms with Crippen LogP contribution in [0.3, 0.4) is 0 Å². The van der Waals surface area contributed by atoms with Crippen molar-refractivity contribution in [1.82, 2.24) is 10.6 Å². The van der Waals surface area contributed by atoms with Gasteiger partial charge in [0.15, 0.2) is 0 Å². The molecule has 0 aliphatic rings. The van der Waals surface area contributed by atoms with Gasteiger partial charge in [-0.3, -0.25) is 9.59 Å². The largest absolute Gasteiger partial charge is 0.368 e. The first-order valence-corrected chi connectivity index (χ1v) is 5.70. The van der Waals surface area contributed by atoms with Crippen LogP contribution < -0.4 is 16.4 Å². The van der Waals surface area contributed by atoms with Crippen molar-refractivity contribution in [3.05, 3.63) is 0 Å². The number of nitrogens with two attached hydrogens (primary N) is 1. The number of halogens is 1. The number of hydrogen-bond donors (Lipinski definition) is 3. The van der Waals surface area contributed by atoms with E-state index in [0.717, 1.165) is 0 Å². The molecule has 0 aromatic carbocycles. The number of rotatable bonds is 7. The first-order chi connectivity index (χ1) is 7.43. The van der Waals surface area contributed by atoms with Crippen LogP contribution in [0.15, 0.2) is 0 Å². The normalized spacial score (nSPS) is 12.5. The molecule has 0 aromatic heterocycles. The lowest BCUT2D eigenvalue weighted by Crippen LogP contribution is -2.58. The van der Waals surface area contributed by atoms with E-state index in [1.807, 2.05) is 20.8 Å². The number of amides is 2. The molecule has 0 fully saturated rings. The molecule has 0 saturated heterocycles. The third kappa shape index (κ3) is 4.91. The summed E-state index contributed by atoms with van der Waals surface area (Å²) in [5.41, 5.74) is 4.44. The molecule has 0 bridgehead atoms. The number of nitrogens with one attached hydrogen (secondary N) is 2. The molecule has 0 aliphatic heterocycles. The van der Waals surface area contributed by atoms with E-state index < -0.39 is 11.4 Å². The quantitative estimate of drug-likeness (QED) is 0.624. The highest BCUT2D eigenvalue weighted by molar-refractivity contribution is 5.91. The van der Waals surface area contributed by atoms with E-state index in [1.54, 1.807) is 7.05 Å². The fourth-order valence-corrected chi connectivity index (χ4v) is 1.59. The summed E-state index contributed by atoms with van der Waals surface area (Å²) in [6.07, 6.45) is 1.02. The van der Waals surface area contributed by atoms with E-state index in [-0.39, 0.29) is 24.2 Å². The number of carbonyl (C=O) groups is 2. The number of carbonyl (C=O) groups excluding carboxylic acids is 2. The molecule has 1 unspecified atom stereocenters. The predicted octanol–water partition coefficient (Wildman–Crippen LogP) is 0.424. The Hall–Kier alpha value is -0.810. The monoisotopic (exact) mass is 265 g/mol. The molecule has 0 spiro atoms. The first-order valence-electron chi connectivity index (χ1n) is 5.70. The second kappa shape index (κ2) is 8.31. The Kier molecular flexibility index (Phi) is 9.06. The Labute approximate surface area is 109 Å². The maximum absolute atomic E-state index is 11.8. The molecule has 5 nitrogen and oxygen atoms in total. The molecule has 0 heterocycles. The molecule has 0 radical (unpaired) electrons. The minimum atomic E-state index is -0.904. The summed E-state index contributed by atoms with van der Waals surface area (Å²) >= 11 is 0. The Morgan fingerprint density at radius 2 is 1.76 bits per heavy atom. The average molecular weight is 266 g/mol. The lowest BCUT2D eigenvalue weighted by Gasteiger charge is -2.30. The highest BCUT2D eigenvalue weighted by Gasteiger charge is 2.35. The maximum Gasteiger partial charge on any atom is 0.243 e. The molecule has 17 heavy (non-hydrogen) atoms. The van der Waals surface area contributed by atoms with E-state index >= 15 is 0 Å². The zero-order chi connectivity index (χ0) is 12.8. The van der Waals surface area contributed by atoms with Gasteiger partial charge in [0.1, 0.15) is 5.54 Å². The third-order valence-corrected chi connectivity index (χ3v) is 3.00. The summed E-state index contributed by atoms with van der Waals surface area (Å²) in [4.78, 5) is 23.2. The molecule has 0 saturated carbocycles. The number of primary amides is 1. The van der Waals surface area contributed by atoms with Crippen molar-refractivity contribution in [2.75, 3.05) is 13.6 Å². The molecule has 6 heteroatoms. The van der Waals surface area contributed by atoms with Crippen molar-refractivity contribution in [3.8, 4) is 0 Å². The average Bonchev–Trinajstić information content (AvgIpc) is 2.25. The number of hydrogen-bond acceptors (Lipinski definition) is 3. The Balaban J connectivity index is 0. The summed E-state index contributed by atoms with van der Waals surface area (Å²) < 4.78 is 0. The van der Waals surface area contributed by atoms with Gasteiger partial charge in [-0.25, -0.2) is 0 Å². The predicted molar refractivity (Wildman–Crippen MR) is 71.0 cm³/mol. The van der Waals surface area contributed by atoms with E-state index in [4.69, 9.17) is 5.73 Å². The van der Waals surface area contributed by atoms with Crippen LogP contribution in [0.4, 0.5) is 0 Å². The van der Waals surface area contributed by atoms with Gasteiger partial charge in [0.2, 0.25) is 11.8 Å². The molecule has 4 N–H and O–H groups in total. The van der Waals surface area contributed by atoms with Crippen molar-refractivity contribution in [1.29, 1.82) is 0 Å². The van der Waals surface area contributed by atoms with E-state index in [2.05, 4.69) is 10.6 Å². The topological polar surface area (TPSA) is 84.2 Å². The molecule has 102 valence electrons. The van der Waals surface area contributed by atoms with Gasteiger partial charge < -0.3 is 16.4 Å². The zero-order valence-corrected chi connectivity index (χ0v) is 11.8. The SMILES string of the molecule is CCC(CC)(NC(=O)C(C)CNC)C(N)=O.Cl. The summed E-state index contributed by atoms with van der Waals surface area (Å²) in [6, 6.07) is 0. The molecule has 2 amide bonds. The van der Waals surface area contributed by atoms with Crippen LogP contribution in [0.5, 0.6) is 0 Å². The minimum absolute atomic E-state index is 0.